The Hall–Kier alpha value is -2.16. The number of hydrogen-bond donors (Lipinski definition) is 2. The standard InChI is InChI=1S/C15H18N2O5S/c1-10-14(8-13(22-10)15(18)21-2)23(19,20)17-9-12(16)11-6-4-3-5-7-11/h3-8,12,17H,9,16H2,1-2H3. The van der Waals surface area contributed by atoms with Crippen LogP contribution < -0.4 is 10.5 Å². The summed E-state index contributed by atoms with van der Waals surface area (Å²) < 4.78 is 36.7. The summed E-state index contributed by atoms with van der Waals surface area (Å²) in [5.74, 6) is -0.806. The lowest BCUT2D eigenvalue weighted by Gasteiger charge is -2.13. The molecule has 0 spiro atoms. The Bertz CT molecular complexity index is 783. The Kier molecular flexibility index (Phi) is 5.19. The van der Waals surface area contributed by atoms with Crippen LogP contribution in [0.4, 0.5) is 0 Å². The summed E-state index contributed by atoms with van der Waals surface area (Å²) in [7, 11) is -2.66. The summed E-state index contributed by atoms with van der Waals surface area (Å²) in [5, 5.41) is 0. The number of hydrogen-bond acceptors (Lipinski definition) is 6. The van der Waals surface area contributed by atoms with Crippen molar-refractivity contribution in [2.45, 2.75) is 17.9 Å². The highest BCUT2D eigenvalue weighted by molar-refractivity contribution is 7.89. The van der Waals surface area contributed by atoms with Crippen molar-refractivity contribution in [3.8, 4) is 0 Å². The van der Waals surface area contributed by atoms with Crippen LogP contribution in [0.5, 0.6) is 0 Å². The first-order valence-electron chi connectivity index (χ1n) is 6.84. The lowest BCUT2D eigenvalue weighted by atomic mass is 10.1. The van der Waals surface area contributed by atoms with Gasteiger partial charge in [0.1, 0.15) is 10.7 Å². The van der Waals surface area contributed by atoms with Crippen molar-refractivity contribution in [2.24, 2.45) is 5.73 Å². The minimum absolute atomic E-state index is 0.0184. The van der Waals surface area contributed by atoms with Crippen molar-refractivity contribution >= 4 is 16.0 Å². The van der Waals surface area contributed by atoms with Gasteiger partial charge in [-0.3, -0.25) is 0 Å². The first-order chi connectivity index (χ1) is 10.8. The molecule has 1 unspecified atom stereocenters. The summed E-state index contributed by atoms with van der Waals surface area (Å²) >= 11 is 0. The summed E-state index contributed by atoms with van der Waals surface area (Å²) in [6, 6.07) is 9.79. The van der Waals surface area contributed by atoms with Gasteiger partial charge in [-0.1, -0.05) is 30.3 Å². The van der Waals surface area contributed by atoms with Gasteiger partial charge in [-0.2, -0.15) is 0 Å². The third-order valence-electron chi connectivity index (χ3n) is 3.27. The zero-order valence-corrected chi connectivity index (χ0v) is 13.6. The number of rotatable bonds is 6. The maximum Gasteiger partial charge on any atom is 0.373 e. The number of furan rings is 1. The molecule has 23 heavy (non-hydrogen) atoms. The van der Waals surface area contributed by atoms with Gasteiger partial charge in [0.05, 0.1) is 7.11 Å². The monoisotopic (exact) mass is 338 g/mol. The highest BCUT2D eigenvalue weighted by Crippen LogP contribution is 2.21. The van der Waals surface area contributed by atoms with E-state index in [-0.39, 0.29) is 23.0 Å². The average molecular weight is 338 g/mol. The molecule has 7 nitrogen and oxygen atoms in total. The Labute approximate surface area is 134 Å². The number of ether oxygens (including phenoxy) is 1. The number of nitrogens with two attached hydrogens (primary N) is 1. The van der Waals surface area contributed by atoms with Gasteiger partial charge in [0, 0.05) is 18.7 Å². The van der Waals surface area contributed by atoms with Crippen LogP contribution in [0.1, 0.15) is 27.9 Å². The molecule has 0 fully saturated rings. The highest BCUT2D eigenvalue weighted by Gasteiger charge is 2.24. The van der Waals surface area contributed by atoms with Gasteiger partial charge in [0.15, 0.2) is 0 Å². The van der Waals surface area contributed by atoms with Gasteiger partial charge in [0.2, 0.25) is 15.8 Å². The number of nitrogens with one attached hydrogen (secondary N) is 1. The van der Waals surface area contributed by atoms with Gasteiger partial charge in [-0.05, 0) is 12.5 Å². The van der Waals surface area contributed by atoms with Crippen LogP contribution in [-0.4, -0.2) is 28.0 Å². The SMILES string of the molecule is COC(=O)c1cc(S(=O)(=O)NCC(N)c2ccccc2)c(C)o1. The van der Waals surface area contributed by atoms with Crippen molar-refractivity contribution in [3.63, 3.8) is 0 Å². The van der Waals surface area contributed by atoms with E-state index in [9.17, 15) is 13.2 Å². The predicted molar refractivity (Wildman–Crippen MR) is 83.3 cm³/mol. The van der Waals surface area contributed by atoms with Crippen molar-refractivity contribution in [1.82, 2.24) is 4.72 Å². The molecule has 2 rings (SSSR count). The highest BCUT2D eigenvalue weighted by atomic mass is 32.2. The fourth-order valence-corrected chi connectivity index (χ4v) is 3.27. The third kappa shape index (κ3) is 3.98. The van der Waals surface area contributed by atoms with E-state index in [2.05, 4.69) is 9.46 Å². The van der Waals surface area contributed by atoms with Gasteiger partial charge < -0.3 is 14.9 Å². The molecule has 0 aliphatic rings. The summed E-state index contributed by atoms with van der Waals surface area (Å²) in [6.07, 6.45) is 0. The molecular weight excluding hydrogens is 320 g/mol. The van der Waals surface area contributed by atoms with E-state index in [4.69, 9.17) is 10.2 Å². The quantitative estimate of drug-likeness (QED) is 0.769. The number of methoxy groups -OCH3 is 1. The van der Waals surface area contributed by atoms with E-state index in [1.807, 2.05) is 30.3 Å². The Balaban J connectivity index is 2.13. The maximum atomic E-state index is 12.3. The fourth-order valence-electron chi connectivity index (χ4n) is 2.03. The Morgan fingerprint density at radius 1 is 1.35 bits per heavy atom. The minimum Gasteiger partial charge on any atom is -0.463 e. The molecule has 0 radical (unpaired) electrons. The second-order valence-corrected chi connectivity index (χ2v) is 6.63. The topological polar surface area (TPSA) is 112 Å². The number of sulfonamides is 1. The maximum absolute atomic E-state index is 12.3. The molecule has 1 aromatic carbocycles. The summed E-state index contributed by atoms with van der Waals surface area (Å²) in [5.41, 5.74) is 6.78. The van der Waals surface area contributed by atoms with E-state index in [1.165, 1.54) is 14.0 Å². The van der Waals surface area contributed by atoms with Crippen LogP contribution >= 0.6 is 0 Å². The number of carbonyl (C=O) groups is 1. The Morgan fingerprint density at radius 2 is 2.00 bits per heavy atom. The van der Waals surface area contributed by atoms with E-state index in [0.29, 0.717) is 0 Å². The third-order valence-corrected chi connectivity index (χ3v) is 4.80. The van der Waals surface area contributed by atoms with Gasteiger partial charge >= 0.3 is 5.97 Å². The second-order valence-electron chi connectivity index (χ2n) is 4.89. The number of benzene rings is 1. The molecular formula is C15H18N2O5S. The van der Waals surface area contributed by atoms with Crippen molar-refractivity contribution in [1.29, 1.82) is 0 Å². The zero-order chi connectivity index (χ0) is 17.0. The van der Waals surface area contributed by atoms with E-state index >= 15 is 0 Å². The van der Waals surface area contributed by atoms with Crippen LogP contribution in [-0.2, 0) is 14.8 Å². The molecule has 0 saturated carbocycles. The second kappa shape index (κ2) is 6.95. The number of aryl methyl sites for hydroxylation is 1. The fraction of sp³-hybridized carbons (Fsp3) is 0.267. The molecule has 0 aliphatic heterocycles. The van der Waals surface area contributed by atoms with Crippen molar-refractivity contribution < 1.29 is 22.4 Å². The normalized spacial score (nSPS) is 12.8. The molecule has 0 saturated heterocycles. The molecule has 2 aromatic rings. The molecule has 124 valence electrons. The number of carbonyl (C=O) groups excluding carboxylic acids is 1. The molecule has 1 atom stereocenters. The minimum atomic E-state index is -3.85. The van der Waals surface area contributed by atoms with Gasteiger partial charge in [-0.25, -0.2) is 17.9 Å². The van der Waals surface area contributed by atoms with Crippen LogP contribution in [0, 0.1) is 6.92 Å². The molecule has 3 N–H and O–H groups in total. The van der Waals surface area contributed by atoms with E-state index < -0.39 is 22.0 Å². The molecule has 0 bridgehead atoms. The van der Waals surface area contributed by atoms with Gasteiger partial charge in [0.25, 0.3) is 0 Å². The van der Waals surface area contributed by atoms with Crippen LogP contribution in [0.3, 0.4) is 0 Å². The predicted octanol–water partition coefficient (Wildman–Crippen LogP) is 1.35. The summed E-state index contributed by atoms with van der Waals surface area (Å²) in [4.78, 5) is 11.3. The molecule has 0 aliphatic carbocycles. The molecule has 1 heterocycles. The molecule has 1 aromatic heterocycles. The van der Waals surface area contributed by atoms with Crippen molar-refractivity contribution in [3.05, 3.63) is 53.5 Å². The van der Waals surface area contributed by atoms with Crippen LogP contribution in [0.2, 0.25) is 0 Å². The molecule has 0 amide bonds. The van der Waals surface area contributed by atoms with Crippen LogP contribution in [0.25, 0.3) is 0 Å². The van der Waals surface area contributed by atoms with E-state index in [0.717, 1.165) is 11.6 Å². The average Bonchev–Trinajstić information content (AvgIpc) is 2.95. The Morgan fingerprint density at radius 3 is 2.61 bits per heavy atom. The number of esters is 1. The van der Waals surface area contributed by atoms with Crippen molar-refractivity contribution in [2.75, 3.05) is 13.7 Å². The lowest BCUT2D eigenvalue weighted by molar-refractivity contribution is 0.0563. The van der Waals surface area contributed by atoms with Gasteiger partial charge in [-0.15, -0.1) is 0 Å². The molecule has 8 heteroatoms. The zero-order valence-electron chi connectivity index (χ0n) is 12.8. The summed E-state index contributed by atoms with van der Waals surface area (Å²) in [6.45, 7) is 1.47. The smallest absolute Gasteiger partial charge is 0.373 e. The van der Waals surface area contributed by atoms with E-state index in [1.54, 1.807) is 0 Å². The largest absolute Gasteiger partial charge is 0.463 e. The van der Waals surface area contributed by atoms with Crippen LogP contribution in [0.15, 0.2) is 45.7 Å². The first-order valence-corrected chi connectivity index (χ1v) is 8.32. The first kappa shape index (κ1) is 17.2. The lowest BCUT2D eigenvalue weighted by Crippen LogP contribution is -2.32.